The third-order valence-electron chi connectivity index (χ3n) is 12.6. The Kier molecular flexibility index (Phi) is 51.6. The summed E-state index contributed by atoms with van der Waals surface area (Å²) in [6.45, 7) is 3.78. The first kappa shape index (κ1) is 64.5. The van der Waals surface area contributed by atoms with Crippen LogP contribution in [0.3, 0.4) is 0 Å². The van der Waals surface area contributed by atoms with Crippen molar-refractivity contribution < 1.29 is 37.6 Å². The van der Waals surface area contributed by atoms with Gasteiger partial charge in [-0.25, -0.2) is 4.57 Å². The maximum Gasteiger partial charge on any atom is 0.472 e. The van der Waals surface area contributed by atoms with E-state index in [0.29, 0.717) is 6.42 Å². The first-order chi connectivity index (χ1) is 32.3. The van der Waals surface area contributed by atoms with Gasteiger partial charge in [0.1, 0.15) is 6.61 Å². The number of unbranched alkanes of at least 4 members (excludes halogenated alkanes) is 37. The van der Waals surface area contributed by atoms with Crippen LogP contribution in [-0.4, -0.2) is 49.3 Å². The standard InChI is InChI=1S/C56H108NO8P/c1-3-5-7-9-11-13-15-17-19-21-23-24-25-26-27-28-29-30-31-33-35-37-39-41-43-45-47-49-56(59)65-54(53-64-66(60,61)63-51-50-57)52-62-55(58)48-46-44-42-40-38-36-34-32-22-20-18-16-14-12-10-8-6-4-2/h20-23,54H,3-19,24-53,57H2,1-2H3,(H,60,61)/b22-20-,23-21-. The van der Waals surface area contributed by atoms with E-state index in [1.54, 1.807) is 0 Å². The highest BCUT2D eigenvalue weighted by atomic mass is 31.2. The normalized spacial score (nSPS) is 13.2. The molecule has 0 aromatic rings. The summed E-state index contributed by atoms with van der Waals surface area (Å²) in [5.74, 6) is -0.818. The van der Waals surface area contributed by atoms with E-state index in [1.165, 1.54) is 218 Å². The monoisotopic (exact) mass is 954 g/mol. The van der Waals surface area contributed by atoms with E-state index < -0.39 is 26.5 Å². The molecule has 0 aromatic heterocycles. The van der Waals surface area contributed by atoms with E-state index in [2.05, 4.69) is 38.2 Å². The fourth-order valence-corrected chi connectivity index (χ4v) is 9.10. The zero-order valence-corrected chi connectivity index (χ0v) is 44.3. The van der Waals surface area contributed by atoms with Gasteiger partial charge in [0, 0.05) is 19.4 Å². The highest BCUT2D eigenvalue weighted by Crippen LogP contribution is 2.43. The summed E-state index contributed by atoms with van der Waals surface area (Å²) in [7, 11) is -4.38. The van der Waals surface area contributed by atoms with Crippen molar-refractivity contribution in [3.8, 4) is 0 Å². The van der Waals surface area contributed by atoms with Gasteiger partial charge in [0.25, 0.3) is 0 Å². The largest absolute Gasteiger partial charge is 0.472 e. The second-order valence-corrected chi connectivity index (χ2v) is 20.6. The molecule has 0 fully saturated rings. The zero-order valence-electron chi connectivity index (χ0n) is 43.5. The lowest BCUT2D eigenvalue weighted by atomic mass is 10.0. The Morgan fingerprint density at radius 2 is 0.742 bits per heavy atom. The Bertz CT molecular complexity index is 1130. The maximum absolute atomic E-state index is 12.7. The van der Waals surface area contributed by atoms with E-state index in [9.17, 15) is 19.0 Å². The van der Waals surface area contributed by atoms with Crippen molar-refractivity contribution in [3.63, 3.8) is 0 Å². The lowest BCUT2D eigenvalue weighted by molar-refractivity contribution is -0.161. The average Bonchev–Trinajstić information content (AvgIpc) is 3.31. The number of rotatable bonds is 54. The molecule has 0 aromatic carbocycles. The first-order valence-electron chi connectivity index (χ1n) is 28.3. The molecule has 66 heavy (non-hydrogen) atoms. The fourth-order valence-electron chi connectivity index (χ4n) is 8.33. The summed E-state index contributed by atoms with van der Waals surface area (Å²) in [4.78, 5) is 35.1. The number of phosphoric ester groups is 1. The van der Waals surface area contributed by atoms with Gasteiger partial charge in [0.05, 0.1) is 13.2 Å². The molecule has 2 atom stereocenters. The fraction of sp³-hybridized carbons (Fsp3) is 0.893. The van der Waals surface area contributed by atoms with Crippen LogP contribution in [0.15, 0.2) is 24.3 Å². The van der Waals surface area contributed by atoms with E-state index in [-0.39, 0.29) is 38.6 Å². The number of carbonyl (C=O) groups is 2. The molecule has 0 aliphatic heterocycles. The second kappa shape index (κ2) is 52.9. The number of phosphoric acid groups is 1. The van der Waals surface area contributed by atoms with Crippen molar-refractivity contribution in [1.82, 2.24) is 0 Å². The van der Waals surface area contributed by atoms with Gasteiger partial charge in [0.15, 0.2) is 6.10 Å². The first-order valence-corrected chi connectivity index (χ1v) is 29.8. The van der Waals surface area contributed by atoms with E-state index in [1.807, 2.05) is 0 Å². The van der Waals surface area contributed by atoms with Gasteiger partial charge in [-0.2, -0.15) is 0 Å². The number of ether oxygens (including phenoxy) is 2. The van der Waals surface area contributed by atoms with Crippen molar-refractivity contribution in [1.29, 1.82) is 0 Å². The molecular formula is C56H108NO8P. The lowest BCUT2D eigenvalue weighted by Gasteiger charge is -2.19. The van der Waals surface area contributed by atoms with Crippen LogP contribution in [-0.2, 0) is 32.7 Å². The highest BCUT2D eigenvalue weighted by molar-refractivity contribution is 7.47. The summed E-state index contributed by atoms with van der Waals surface area (Å²) in [5, 5.41) is 0. The SMILES string of the molecule is CCCCCCCCC/C=C\CCCCCCCCCC(=O)OCC(COP(=O)(O)OCCN)OC(=O)CCCCCCCCCCCCCCCCC/C=C\CCCCCCCCCC. The van der Waals surface area contributed by atoms with Crippen LogP contribution in [0.5, 0.6) is 0 Å². The molecule has 0 bridgehead atoms. The van der Waals surface area contributed by atoms with Crippen molar-refractivity contribution in [3.05, 3.63) is 24.3 Å². The summed E-state index contributed by atoms with van der Waals surface area (Å²) in [6, 6.07) is 0. The van der Waals surface area contributed by atoms with Crippen LogP contribution < -0.4 is 5.73 Å². The summed E-state index contributed by atoms with van der Waals surface area (Å²) in [6.07, 6.45) is 60.9. The van der Waals surface area contributed by atoms with Gasteiger partial charge in [-0.05, 0) is 64.2 Å². The van der Waals surface area contributed by atoms with Crippen molar-refractivity contribution in [2.75, 3.05) is 26.4 Å². The summed E-state index contributed by atoms with van der Waals surface area (Å²) >= 11 is 0. The van der Waals surface area contributed by atoms with Gasteiger partial charge in [-0.1, -0.05) is 237 Å². The topological polar surface area (TPSA) is 134 Å². The van der Waals surface area contributed by atoms with Crippen molar-refractivity contribution in [2.24, 2.45) is 5.73 Å². The van der Waals surface area contributed by atoms with Gasteiger partial charge in [-0.15, -0.1) is 0 Å². The number of carbonyl (C=O) groups excluding carboxylic acids is 2. The van der Waals surface area contributed by atoms with Crippen LogP contribution >= 0.6 is 7.82 Å². The average molecular weight is 954 g/mol. The molecule has 0 radical (unpaired) electrons. The van der Waals surface area contributed by atoms with Crippen LogP contribution in [0, 0.1) is 0 Å². The van der Waals surface area contributed by atoms with Crippen LogP contribution in [0.4, 0.5) is 0 Å². The Morgan fingerprint density at radius 3 is 1.08 bits per heavy atom. The number of allylic oxidation sites excluding steroid dienone is 4. The smallest absolute Gasteiger partial charge is 0.462 e. The highest BCUT2D eigenvalue weighted by Gasteiger charge is 2.26. The number of hydrogen-bond acceptors (Lipinski definition) is 8. The van der Waals surface area contributed by atoms with Gasteiger partial charge in [-0.3, -0.25) is 18.6 Å². The molecular weight excluding hydrogens is 846 g/mol. The quantitative estimate of drug-likeness (QED) is 0.0264. The van der Waals surface area contributed by atoms with Crippen LogP contribution in [0.1, 0.15) is 290 Å². The summed E-state index contributed by atoms with van der Waals surface area (Å²) < 4.78 is 33.0. The van der Waals surface area contributed by atoms with Crippen molar-refractivity contribution >= 4 is 19.8 Å². The van der Waals surface area contributed by atoms with Gasteiger partial charge < -0.3 is 20.1 Å². The predicted octanol–water partition coefficient (Wildman–Crippen LogP) is 17.5. The molecule has 390 valence electrons. The molecule has 2 unspecified atom stereocenters. The Labute approximate surface area is 408 Å². The Balaban J connectivity index is 3.94. The minimum absolute atomic E-state index is 0.0549. The third-order valence-corrected chi connectivity index (χ3v) is 13.5. The van der Waals surface area contributed by atoms with E-state index in [0.717, 1.165) is 38.5 Å². The Morgan fingerprint density at radius 1 is 0.439 bits per heavy atom. The zero-order chi connectivity index (χ0) is 48.1. The predicted molar refractivity (Wildman–Crippen MR) is 280 cm³/mol. The van der Waals surface area contributed by atoms with Crippen molar-refractivity contribution in [2.45, 2.75) is 296 Å². The third kappa shape index (κ3) is 51.9. The minimum atomic E-state index is -4.38. The molecule has 0 spiro atoms. The molecule has 0 heterocycles. The summed E-state index contributed by atoms with van der Waals surface area (Å²) in [5.41, 5.74) is 5.38. The number of hydrogen-bond donors (Lipinski definition) is 2. The number of esters is 2. The molecule has 0 amide bonds. The molecule has 0 saturated heterocycles. The minimum Gasteiger partial charge on any atom is -0.462 e. The van der Waals surface area contributed by atoms with E-state index >= 15 is 0 Å². The van der Waals surface area contributed by atoms with Gasteiger partial charge >= 0.3 is 19.8 Å². The van der Waals surface area contributed by atoms with Gasteiger partial charge in [0.2, 0.25) is 0 Å². The molecule has 10 heteroatoms. The van der Waals surface area contributed by atoms with Crippen LogP contribution in [0.25, 0.3) is 0 Å². The number of nitrogens with two attached hydrogens (primary N) is 1. The second-order valence-electron chi connectivity index (χ2n) is 19.2. The molecule has 0 saturated carbocycles. The molecule has 0 aliphatic carbocycles. The lowest BCUT2D eigenvalue weighted by Crippen LogP contribution is -2.29. The Hall–Kier alpha value is -1.51. The molecule has 0 aliphatic rings. The molecule has 0 rings (SSSR count). The molecule has 9 nitrogen and oxygen atoms in total. The van der Waals surface area contributed by atoms with E-state index in [4.69, 9.17) is 24.3 Å². The molecule has 3 N–H and O–H groups in total. The maximum atomic E-state index is 12.7. The van der Waals surface area contributed by atoms with Crippen LogP contribution in [0.2, 0.25) is 0 Å².